The number of rotatable bonds is 5. The third-order valence-corrected chi connectivity index (χ3v) is 13.0. The molecule has 0 bridgehead atoms. The summed E-state index contributed by atoms with van der Waals surface area (Å²) in [5.74, 6) is 1.97. The van der Waals surface area contributed by atoms with Gasteiger partial charge in [0.2, 0.25) is 0 Å². The Morgan fingerprint density at radius 2 is 1.62 bits per heavy atom. The second kappa shape index (κ2) is 7.04. The number of fused-ring (bicyclic) bond motifs is 2. The molecule has 11 atom stereocenters. The lowest BCUT2D eigenvalue weighted by atomic mass is 9.41. The normalized spacial score (nSPS) is 55.1. The second-order valence-corrected chi connectivity index (χ2v) is 13.7. The lowest BCUT2D eigenvalue weighted by Gasteiger charge is -2.63. The van der Waals surface area contributed by atoms with E-state index in [0.29, 0.717) is 34.5 Å². The minimum atomic E-state index is -0.342. The van der Waals surface area contributed by atoms with Crippen LogP contribution in [0, 0.1) is 50.7 Å². The molecule has 5 fully saturated rings. The van der Waals surface area contributed by atoms with Gasteiger partial charge in [-0.1, -0.05) is 34.6 Å². The maximum absolute atomic E-state index is 11.7. The molecule has 5 saturated carbocycles. The molecule has 182 valence electrons. The summed E-state index contributed by atoms with van der Waals surface area (Å²) in [6, 6.07) is 0. The molecule has 2 spiro atoms. The van der Waals surface area contributed by atoms with Gasteiger partial charge in [0, 0.05) is 12.5 Å². The van der Waals surface area contributed by atoms with Crippen molar-refractivity contribution in [3.05, 3.63) is 0 Å². The van der Waals surface area contributed by atoms with Gasteiger partial charge in [-0.05, 0) is 103 Å². The first-order valence-corrected chi connectivity index (χ1v) is 13.3. The number of methoxy groups -OCH3 is 1. The molecule has 4 heteroatoms. The maximum atomic E-state index is 11.7. The van der Waals surface area contributed by atoms with Gasteiger partial charge in [-0.3, -0.25) is 0 Å². The molecule has 0 aromatic heterocycles. The van der Waals surface area contributed by atoms with Crippen LogP contribution in [0.1, 0.15) is 92.4 Å². The predicted octanol–water partition coefficient (Wildman–Crippen LogP) is 5.00. The molecule has 0 aromatic rings. The molecule has 0 radical (unpaired) electrons. The minimum Gasteiger partial charge on any atom is -0.393 e. The Kier molecular flexibility index (Phi) is 5.13. The number of aliphatic hydroxyl groups excluding tert-OH is 2. The smallest absolute Gasteiger partial charge is 0.148 e. The summed E-state index contributed by atoms with van der Waals surface area (Å²) >= 11 is 0. The summed E-state index contributed by atoms with van der Waals surface area (Å²) in [7, 11) is 1.62. The summed E-state index contributed by atoms with van der Waals surface area (Å²) in [6.07, 6.45) is 10.1. The van der Waals surface area contributed by atoms with Crippen molar-refractivity contribution in [2.45, 2.75) is 111 Å². The Morgan fingerprint density at radius 1 is 0.969 bits per heavy atom. The second-order valence-electron chi connectivity index (χ2n) is 13.7. The minimum absolute atomic E-state index is 0.00368. The largest absolute Gasteiger partial charge is 0.393 e. The molecule has 2 N–H and O–H groups in total. The van der Waals surface area contributed by atoms with Gasteiger partial charge < -0.3 is 19.7 Å². The van der Waals surface area contributed by atoms with Crippen LogP contribution in [0.15, 0.2) is 0 Å². The summed E-state index contributed by atoms with van der Waals surface area (Å²) in [6.45, 7) is 11.8. The SMILES string of the molecule is COC(C=O)C[C@@H](C)[C@H]1C[C@H](O)[C@@]2(C)C3CC[C@H]4C(C)(C)[C@@H](O)CC[C@@]45CC35CC[C@]12C. The third kappa shape index (κ3) is 2.53. The molecule has 3 unspecified atom stereocenters. The van der Waals surface area contributed by atoms with Crippen molar-refractivity contribution >= 4 is 6.29 Å². The highest BCUT2D eigenvalue weighted by atomic mass is 16.5. The van der Waals surface area contributed by atoms with Gasteiger partial charge in [0.15, 0.2) is 0 Å². The molecule has 0 heterocycles. The molecule has 0 amide bonds. The molecule has 4 nitrogen and oxygen atoms in total. The standard InChI is InChI=1S/C28H46O4/c1-17(13-18(15-29)32-6)19-14-23(31)26(5)21-8-7-20-24(2,3)22(30)9-10-27(20)16-28(21,27)12-11-25(19,26)4/h15,17-23,30-31H,7-14,16H2,1-6H3/t17-,18?,19-,20+,21?,22+,23+,25-,26-,27-,28?/m1/s1. The van der Waals surface area contributed by atoms with E-state index in [1.165, 1.54) is 38.5 Å². The Hall–Kier alpha value is -0.450. The Morgan fingerprint density at radius 3 is 2.28 bits per heavy atom. The maximum Gasteiger partial charge on any atom is 0.148 e. The van der Waals surface area contributed by atoms with Crippen LogP contribution in [-0.2, 0) is 9.53 Å². The van der Waals surface area contributed by atoms with Gasteiger partial charge in [-0.2, -0.15) is 0 Å². The molecule has 32 heavy (non-hydrogen) atoms. The zero-order valence-corrected chi connectivity index (χ0v) is 21.2. The van der Waals surface area contributed by atoms with Crippen LogP contribution in [0.25, 0.3) is 0 Å². The number of aldehydes is 1. The Bertz CT molecular complexity index is 779. The molecular formula is C28H46O4. The van der Waals surface area contributed by atoms with Gasteiger partial charge in [0.05, 0.1) is 12.2 Å². The fraction of sp³-hybridized carbons (Fsp3) is 0.964. The number of hydrogen-bond acceptors (Lipinski definition) is 4. The number of aliphatic hydroxyl groups is 2. The molecule has 0 saturated heterocycles. The monoisotopic (exact) mass is 446 g/mol. The molecule has 5 aliphatic rings. The van der Waals surface area contributed by atoms with Crippen LogP contribution in [0.5, 0.6) is 0 Å². The highest BCUT2D eigenvalue weighted by molar-refractivity contribution is 5.55. The van der Waals surface area contributed by atoms with Gasteiger partial charge in [-0.25, -0.2) is 0 Å². The van der Waals surface area contributed by atoms with Crippen LogP contribution in [0.2, 0.25) is 0 Å². The van der Waals surface area contributed by atoms with Gasteiger partial charge >= 0.3 is 0 Å². The van der Waals surface area contributed by atoms with E-state index in [-0.39, 0.29) is 34.6 Å². The van der Waals surface area contributed by atoms with E-state index in [9.17, 15) is 15.0 Å². The number of hydrogen-bond donors (Lipinski definition) is 2. The zero-order chi connectivity index (χ0) is 23.3. The third-order valence-electron chi connectivity index (χ3n) is 13.0. The molecule has 5 rings (SSSR count). The highest BCUT2D eigenvalue weighted by Crippen LogP contribution is 2.89. The fourth-order valence-corrected chi connectivity index (χ4v) is 11.0. The van der Waals surface area contributed by atoms with Crippen molar-refractivity contribution in [1.29, 1.82) is 0 Å². The summed E-state index contributed by atoms with van der Waals surface area (Å²) in [4.78, 5) is 11.4. The Labute approximate surface area is 194 Å². The van der Waals surface area contributed by atoms with Gasteiger partial charge in [0.25, 0.3) is 0 Å². The van der Waals surface area contributed by atoms with Crippen LogP contribution in [-0.4, -0.2) is 41.9 Å². The van der Waals surface area contributed by atoms with Crippen molar-refractivity contribution in [3.63, 3.8) is 0 Å². The van der Waals surface area contributed by atoms with Gasteiger partial charge in [-0.15, -0.1) is 0 Å². The first kappa shape index (κ1) is 23.3. The zero-order valence-electron chi connectivity index (χ0n) is 21.2. The topological polar surface area (TPSA) is 66.8 Å². The first-order chi connectivity index (χ1) is 14.9. The summed E-state index contributed by atoms with van der Waals surface area (Å²) in [5, 5.41) is 22.5. The van der Waals surface area contributed by atoms with E-state index in [0.717, 1.165) is 25.5 Å². The van der Waals surface area contributed by atoms with Crippen LogP contribution in [0.3, 0.4) is 0 Å². The van der Waals surface area contributed by atoms with Crippen molar-refractivity contribution in [2.75, 3.05) is 7.11 Å². The lowest BCUT2D eigenvalue weighted by Crippen LogP contribution is -2.59. The van der Waals surface area contributed by atoms with Crippen molar-refractivity contribution in [1.82, 2.24) is 0 Å². The average Bonchev–Trinajstić information content (AvgIpc) is 3.37. The number of ether oxygens (including phenoxy) is 1. The molecule has 5 aliphatic carbocycles. The van der Waals surface area contributed by atoms with Crippen molar-refractivity contribution in [3.8, 4) is 0 Å². The molecule has 0 aliphatic heterocycles. The van der Waals surface area contributed by atoms with Crippen LogP contribution < -0.4 is 0 Å². The first-order valence-electron chi connectivity index (χ1n) is 13.3. The average molecular weight is 447 g/mol. The van der Waals surface area contributed by atoms with Gasteiger partial charge in [0.1, 0.15) is 12.4 Å². The van der Waals surface area contributed by atoms with Crippen LogP contribution >= 0.6 is 0 Å². The van der Waals surface area contributed by atoms with Crippen molar-refractivity contribution in [2.24, 2.45) is 50.7 Å². The summed E-state index contributed by atoms with van der Waals surface area (Å²) < 4.78 is 5.39. The summed E-state index contributed by atoms with van der Waals surface area (Å²) in [5.41, 5.74) is 0.805. The fourth-order valence-electron chi connectivity index (χ4n) is 11.0. The van der Waals surface area contributed by atoms with E-state index >= 15 is 0 Å². The highest BCUT2D eigenvalue weighted by Gasteiger charge is 2.83. The number of carbonyl (C=O) groups is 1. The lowest BCUT2D eigenvalue weighted by molar-refractivity contribution is -0.182. The van der Waals surface area contributed by atoms with E-state index in [1.807, 2.05) is 0 Å². The number of carbonyl (C=O) groups excluding carboxylic acids is 1. The van der Waals surface area contributed by atoms with E-state index in [1.54, 1.807) is 7.11 Å². The van der Waals surface area contributed by atoms with E-state index in [2.05, 4.69) is 34.6 Å². The van der Waals surface area contributed by atoms with E-state index < -0.39 is 0 Å². The van der Waals surface area contributed by atoms with Crippen molar-refractivity contribution < 1.29 is 19.7 Å². The van der Waals surface area contributed by atoms with Crippen LogP contribution in [0.4, 0.5) is 0 Å². The van der Waals surface area contributed by atoms with E-state index in [4.69, 9.17) is 4.74 Å². The predicted molar refractivity (Wildman–Crippen MR) is 125 cm³/mol. The quantitative estimate of drug-likeness (QED) is 0.584. The molecular weight excluding hydrogens is 400 g/mol. The Balaban J connectivity index is 1.47. The molecule has 0 aromatic carbocycles.